The molecular weight excluding hydrogens is 228 g/mol. The molecule has 0 aliphatic carbocycles. The molecule has 0 aromatic heterocycles. The standard InChI is InChI=1S/C7H7BrO2S/c1-5-2-6(8)4-7(3-5)11(9)10/h2-4,11H,1H3. The van der Waals surface area contributed by atoms with Crippen molar-refractivity contribution in [1.82, 2.24) is 0 Å². The van der Waals surface area contributed by atoms with Gasteiger partial charge in [-0.05, 0) is 30.7 Å². The Morgan fingerprint density at radius 1 is 1.27 bits per heavy atom. The van der Waals surface area contributed by atoms with Gasteiger partial charge in [0.1, 0.15) is 0 Å². The monoisotopic (exact) mass is 234 g/mol. The summed E-state index contributed by atoms with van der Waals surface area (Å²) >= 11 is 3.21. The molecule has 11 heavy (non-hydrogen) atoms. The van der Waals surface area contributed by atoms with Crippen LogP contribution in [0.25, 0.3) is 0 Å². The van der Waals surface area contributed by atoms with E-state index in [2.05, 4.69) is 15.9 Å². The smallest absolute Gasteiger partial charge is 0.168 e. The van der Waals surface area contributed by atoms with Gasteiger partial charge in [0.25, 0.3) is 0 Å². The van der Waals surface area contributed by atoms with Crippen LogP contribution in [0.15, 0.2) is 27.6 Å². The van der Waals surface area contributed by atoms with E-state index < -0.39 is 10.7 Å². The van der Waals surface area contributed by atoms with E-state index in [4.69, 9.17) is 0 Å². The number of benzene rings is 1. The zero-order valence-electron chi connectivity index (χ0n) is 5.87. The second-order valence-corrected chi connectivity index (χ2v) is 4.19. The first-order valence-corrected chi connectivity index (χ1v) is 4.98. The highest BCUT2D eigenvalue weighted by Crippen LogP contribution is 2.15. The van der Waals surface area contributed by atoms with Gasteiger partial charge in [0.05, 0.1) is 4.90 Å². The van der Waals surface area contributed by atoms with Gasteiger partial charge in [-0.2, -0.15) is 0 Å². The van der Waals surface area contributed by atoms with Crippen LogP contribution in [-0.4, -0.2) is 8.42 Å². The van der Waals surface area contributed by atoms with E-state index in [1.54, 1.807) is 12.1 Å². The Morgan fingerprint density at radius 3 is 2.36 bits per heavy atom. The Labute approximate surface area is 75.3 Å². The van der Waals surface area contributed by atoms with Gasteiger partial charge in [-0.1, -0.05) is 15.9 Å². The summed E-state index contributed by atoms with van der Waals surface area (Å²) in [7, 11) is -2.46. The van der Waals surface area contributed by atoms with Crippen LogP contribution >= 0.6 is 15.9 Å². The minimum absolute atomic E-state index is 0.354. The van der Waals surface area contributed by atoms with Crippen LogP contribution in [0, 0.1) is 6.92 Å². The second kappa shape index (κ2) is 3.36. The quantitative estimate of drug-likeness (QED) is 0.752. The zero-order chi connectivity index (χ0) is 8.43. The van der Waals surface area contributed by atoms with Crippen molar-refractivity contribution in [2.75, 3.05) is 0 Å². The molecule has 4 heteroatoms. The van der Waals surface area contributed by atoms with Gasteiger partial charge in [-0.3, -0.25) is 0 Å². The van der Waals surface area contributed by atoms with Gasteiger partial charge in [0.2, 0.25) is 0 Å². The predicted octanol–water partition coefficient (Wildman–Crippen LogP) is 1.73. The van der Waals surface area contributed by atoms with Crippen LogP contribution in [0.3, 0.4) is 0 Å². The maximum atomic E-state index is 10.5. The molecule has 2 nitrogen and oxygen atoms in total. The van der Waals surface area contributed by atoms with Crippen molar-refractivity contribution in [1.29, 1.82) is 0 Å². The van der Waals surface area contributed by atoms with Gasteiger partial charge in [-0.25, -0.2) is 8.42 Å². The first-order valence-electron chi connectivity index (χ1n) is 3.01. The highest BCUT2D eigenvalue weighted by atomic mass is 79.9. The molecule has 1 aromatic rings. The third kappa shape index (κ3) is 2.31. The van der Waals surface area contributed by atoms with Crippen LogP contribution in [0.2, 0.25) is 0 Å². The number of hydrogen-bond acceptors (Lipinski definition) is 2. The van der Waals surface area contributed by atoms with E-state index in [0.717, 1.165) is 10.0 Å². The Bertz CT molecular complexity index is 316. The molecule has 0 spiro atoms. The molecule has 0 atom stereocenters. The van der Waals surface area contributed by atoms with E-state index in [0.29, 0.717) is 4.90 Å². The van der Waals surface area contributed by atoms with Crippen LogP contribution in [0.5, 0.6) is 0 Å². The van der Waals surface area contributed by atoms with E-state index in [-0.39, 0.29) is 0 Å². The average molecular weight is 235 g/mol. The van der Waals surface area contributed by atoms with Crippen molar-refractivity contribution in [3.63, 3.8) is 0 Å². The van der Waals surface area contributed by atoms with Gasteiger partial charge in [-0.15, -0.1) is 0 Å². The van der Waals surface area contributed by atoms with Crippen molar-refractivity contribution >= 4 is 26.6 Å². The van der Waals surface area contributed by atoms with E-state index >= 15 is 0 Å². The first kappa shape index (κ1) is 8.74. The average Bonchev–Trinajstić information content (AvgIpc) is 1.85. The molecule has 1 aromatic carbocycles. The van der Waals surface area contributed by atoms with E-state index in [1.807, 2.05) is 13.0 Å². The Hall–Kier alpha value is -0.350. The summed E-state index contributed by atoms with van der Waals surface area (Å²) in [6.45, 7) is 1.85. The molecule has 0 aliphatic rings. The van der Waals surface area contributed by atoms with Crippen LogP contribution in [0.1, 0.15) is 5.56 Å². The molecule has 0 fully saturated rings. The fourth-order valence-electron chi connectivity index (χ4n) is 0.822. The van der Waals surface area contributed by atoms with Gasteiger partial charge in [0.15, 0.2) is 10.7 Å². The molecule has 0 amide bonds. The first-order chi connectivity index (χ1) is 5.09. The fourth-order valence-corrected chi connectivity index (χ4v) is 2.16. The van der Waals surface area contributed by atoms with Crippen LogP contribution < -0.4 is 0 Å². The molecule has 0 unspecified atom stereocenters. The van der Waals surface area contributed by atoms with Crippen LogP contribution in [-0.2, 0) is 10.7 Å². The van der Waals surface area contributed by atoms with Crippen molar-refractivity contribution in [3.05, 3.63) is 28.2 Å². The maximum absolute atomic E-state index is 10.5. The van der Waals surface area contributed by atoms with Gasteiger partial charge < -0.3 is 0 Å². The summed E-state index contributed by atoms with van der Waals surface area (Å²) in [4.78, 5) is 0.354. The molecule has 0 saturated heterocycles. The van der Waals surface area contributed by atoms with E-state index in [1.165, 1.54) is 0 Å². The molecular formula is C7H7BrO2S. The lowest BCUT2D eigenvalue weighted by atomic mass is 10.2. The Balaban J connectivity index is 3.29. The second-order valence-electron chi connectivity index (χ2n) is 2.24. The van der Waals surface area contributed by atoms with Crippen molar-refractivity contribution in [3.8, 4) is 0 Å². The third-order valence-electron chi connectivity index (χ3n) is 1.24. The Morgan fingerprint density at radius 2 is 1.91 bits per heavy atom. The molecule has 0 N–H and O–H groups in total. The lowest BCUT2D eigenvalue weighted by molar-refractivity contribution is 0.614. The highest BCUT2D eigenvalue weighted by molar-refractivity contribution is 9.10. The minimum Gasteiger partial charge on any atom is -0.227 e. The largest absolute Gasteiger partial charge is 0.227 e. The summed E-state index contributed by atoms with van der Waals surface area (Å²) in [6, 6.07) is 5.08. The highest BCUT2D eigenvalue weighted by Gasteiger charge is 1.96. The van der Waals surface area contributed by atoms with Crippen LogP contribution in [0.4, 0.5) is 0 Å². The minimum atomic E-state index is -2.46. The van der Waals surface area contributed by atoms with Crippen molar-refractivity contribution < 1.29 is 8.42 Å². The normalized spacial score (nSPS) is 10.5. The Kier molecular flexibility index (Phi) is 2.67. The predicted molar refractivity (Wildman–Crippen MR) is 47.5 cm³/mol. The number of halogens is 1. The van der Waals surface area contributed by atoms with Gasteiger partial charge in [0, 0.05) is 4.47 Å². The van der Waals surface area contributed by atoms with Gasteiger partial charge >= 0.3 is 0 Å². The molecule has 0 aliphatic heterocycles. The molecule has 60 valence electrons. The summed E-state index contributed by atoms with van der Waals surface area (Å²) in [5.74, 6) is 0. The third-order valence-corrected chi connectivity index (χ3v) is 2.38. The van der Waals surface area contributed by atoms with E-state index in [9.17, 15) is 8.42 Å². The molecule has 0 heterocycles. The maximum Gasteiger partial charge on any atom is 0.168 e. The molecule has 0 bridgehead atoms. The van der Waals surface area contributed by atoms with Crippen molar-refractivity contribution in [2.24, 2.45) is 0 Å². The molecule has 1 rings (SSSR count). The zero-order valence-corrected chi connectivity index (χ0v) is 8.35. The number of hydrogen-bond donors (Lipinski definition) is 1. The SMILES string of the molecule is Cc1cc(Br)cc([SH](=O)=O)c1. The molecule has 0 saturated carbocycles. The topological polar surface area (TPSA) is 34.1 Å². The summed E-state index contributed by atoms with van der Waals surface area (Å²) in [6.07, 6.45) is 0. The summed E-state index contributed by atoms with van der Waals surface area (Å²) in [5, 5.41) is 0. The summed E-state index contributed by atoms with van der Waals surface area (Å²) < 4.78 is 21.8. The lowest BCUT2D eigenvalue weighted by Crippen LogP contribution is -1.81. The number of aryl methyl sites for hydroxylation is 1. The molecule has 0 radical (unpaired) electrons. The fraction of sp³-hybridized carbons (Fsp3) is 0.143. The lowest BCUT2D eigenvalue weighted by Gasteiger charge is -1.95. The number of rotatable bonds is 1. The number of thiol groups is 1. The van der Waals surface area contributed by atoms with Crippen molar-refractivity contribution in [2.45, 2.75) is 11.8 Å². The summed E-state index contributed by atoms with van der Waals surface area (Å²) in [5.41, 5.74) is 0.938.